The highest BCUT2D eigenvalue weighted by Crippen LogP contribution is 2.25. The molecule has 0 aliphatic heterocycles. The predicted molar refractivity (Wildman–Crippen MR) is 51.4 cm³/mol. The number of rotatable bonds is 1. The molecule has 1 nitrogen and oxygen atoms in total. The van der Waals surface area contributed by atoms with Gasteiger partial charge in [0.25, 0.3) is 0 Å². The van der Waals surface area contributed by atoms with Crippen molar-refractivity contribution in [1.29, 1.82) is 5.26 Å². The zero-order valence-corrected chi connectivity index (χ0v) is 9.42. The van der Waals surface area contributed by atoms with Gasteiger partial charge in [-0.2, -0.15) is 5.26 Å². The van der Waals surface area contributed by atoms with E-state index in [1.807, 2.05) is 0 Å². The second-order valence-electron chi connectivity index (χ2n) is 2.26. The summed E-state index contributed by atoms with van der Waals surface area (Å²) in [5.41, 5.74) is 0.172. The van der Waals surface area contributed by atoms with Crippen molar-refractivity contribution in [2.24, 2.45) is 0 Å². The van der Waals surface area contributed by atoms with Crippen LogP contribution >= 0.6 is 31.9 Å². The van der Waals surface area contributed by atoms with Crippen LogP contribution in [0.4, 0.5) is 8.78 Å². The minimum absolute atomic E-state index is 0.0359. The van der Waals surface area contributed by atoms with Crippen molar-refractivity contribution in [2.75, 3.05) is 0 Å². The fourth-order valence-corrected chi connectivity index (χ4v) is 1.81. The molecule has 0 unspecified atom stereocenters. The minimum atomic E-state index is -0.984. The van der Waals surface area contributed by atoms with Crippen LogP contribution in [0.25, 0.3) is 0 Å². The fraction of sp³-hybridized carbons (Fsp3) is 0.125. The van der Waals surface area contributed by atoms with Gasteiger partial charge >= 0.3 is 0 Å². The molecule has 1 rings (SSSR count). The molecule has 0 aliphatic carbocycles. The van der Waals surface area contributed by atoms with Crippen LogP contribution in [0.1, 0.15) is 11.1 Å². The Balaban J connectivity index is 3.50. The van der Waals surface area contributed by atoms with E-state index in [9.17, 15) is 8.78 Å². The van der Waals surface area contributed by atoms with Crippen LogP contribution in [0.2, 0.25) is 0 Å². The third kappa shape index (κ3) is 1.89. The first-order valence-corrected chi connectivity index (χ1v) is 5.15. The minimum Gasteiger partial charge on any atom is -0.203 e. The number of alkyl halides is 1. The first-order chi connectivity index (χ1) is 6.11. The van der Waals surface area contributed by atoms with Crippen molar-refractivity contribution < 1.29 is 8.78 Å². The SMILES string of the molecule is N#Cc1cc(Br)c(F)c(F)c1CBr. The molecule has 0 saturated carbocycles. The average molecular weight is 311 g/mol. The molecule has 0 heterocycles. The number of hydrogen-bond acceptors (Lipinski definition) is 1. The van der Waals surface area contributed by atoms with Crippen molar-refractivity contribution >= 4 is 31.9 Å². The zero-order valence-electron chi connectivity index (χ0n) is 6.24. The molecule has 0 aliphatic rings. The van der Waals surface area contributed by atoms with Gasteiger partial charge in [-0.15, -0.1) is 0 Å². The molecule has 68 valence electrons. The van der Waals surface area contributed by atoms with Gasteiger partial charge in [-0.05, 0) is 22.0 Å². The lowest BCUT2D eigenvalue weighted by atomic mass is 10.1. The third-order valence-electron chi connectivity index (χ3n) is 1.52. The van der Waals surface area contributed by atoms with Crippen molar-refractivity contribution in [2.45, 2.75) is 5.33 Å². The first-order valence-electron chi connectivity index (χ1n) is 3.24. The van der Waals surface area contributed by atoms with E-state index in [1.54, 1.807) is 6.07 Å². The second-order valence-corrected chi connectivity index (χ2v) is 3.67. The maximum Gasteiger partial charge on any atom is 0.173 e. The smallest absolute Gasteiger partial charge is 0.173 e. The average Bonchev–Trinajstić information content (AvgIpc) is 2.13. The Hall–Kier alpha value is -0.470. The molecule has 0 bridgehead atoms. The number of halogens is 4. The van der Waals surface area contributed by atoms with Gasteiger partial charge in [0.15, 0.2) is 11.6 Å². The molecule has 1 aromatic rings. The van der Waals surface area contributed by atoms with E-state index in [4.69, 9.17) is 5.26 Å². The summed E-state index contributed by atoms with van der Waals surface area (Å²) in [6.45, 7) is 0. The lowest BCUT2D eigenvalue weighted by Gasteiger charge is -2.04. The Bertz CT molecular complexity index is 385. The molecule has 0 aromatic heterocycles. The summed E-state index contributed by atoms with van der Waals surface area (Å²) in [5.74, 6) is -1.95. The Labute approximate surface area is 90.6 Å². The lowest BCUT2D eigenvalue weighted by Crippen LogP contribution is -1.97. The van der Waals surface area contributed by atoms with Crippen LogP contribution in [0.3, 0.4) is 0 Å². The lowest BCUT2D eigenvalue weighted by molar-refractivity contribution is 0.498. The quantitative estimate of drug-likeness (QED) is 0.575. The molecular formula is C8H3Br2F2N. The number of nitriles is 1. The molecule has 0 amide bonds. The summed E-state index contributed by atoms with van der Waals surface area (Å²) >= 11 is 5.81. The summed E-state index contributed by atoms with van der Waals surface area (Å²) < 4.78 is 26.0. The van der Waals surface area contributed by atoms with Gasteiger partial charge in [-0.25, -0.2) is 8.78 Å². The summed E-state index contributed by atoms with van der Waals surface area (Å²) in [6, 6.07) is 3.05. The topological polar surface area (TPSA) is 23.8 Å². The summed E-state index contributed by atoms with van der Waals surface area (Å²) in [7, 11) is 0. The molecule has 0 radical (unpaired) electrons. The number of benzene rings is 1. The standard InChI is InChI=1S/C8H3Br2F2N/c9-2-5-4(3-13)1-6(10)8(12)7(5)11/h1H,2H2. The van der Waals surface area contributed by atoms with Crippen molar-refractivity contribution in [1.82, 2.24) is 0 Å². The Morgan fingerprint density at radius 1 is 1.38 bits per heavy atom. The van der Waals surface area contributed by atoms with Gasteiger partial charge in [-0.3, -0.25) is 0 Å². The van der Waals surface area contributed by atoms with Crippen molar-refractivity contribution in [3.8, 4) is 6.07 Å². The van der Waals surface area contributed by atoms with Crippen LogP contribution in [-0.4, -0.2) is 0 Å². The first kappa shape index (κ1) is 10.6. The van der Waals surface area contributed by atoms with Crippen molar-refractivity contribution in [3.63, 3.8) is 0 Å². The molecule has 0 saturated heterocycles. The van der Waals surface area contributed by atoms with Gasteiger partial charge in [0.2, 0.25) is 0 Å². The molecule has 0 spiro atoms. The van der Waals surface area contributed by atoms with Crippen LogP contribution in [-0.2, 0) is 5.33 Å². The molecule has 0 atom stereocenters. The molecule has 1 aromatic carbocycles. The van der Waals surface area contributed by atoms with E-state index < -0.39 is 11.6 Å². The highest BCUT2D eigenvalue weighted by Gasteiger charge is 2.15. The van der Waals surface area contributed by atoms with E-state index in [2.05, 4.69) is 31.9 Å². The Morgan fingerprint density at radius 2 is 2.00 bits per heavy atom. The van der Waals surface area contributed by atoms with Gasteiger partial charge < -0.3 is 0 Å². The van der Waals surface area contributed by atoms with E-state index in [0.29, 0.717) is 0 Å². The highest BCUT2D eigenvalue weighted by atomic mass is 79.9. The zero-order chi connectivity index (χ0) is 10.0. The van der Waals surface area contributed by atoms with Crippen LogP contribution in [0, 0.1) is 23.0 Å². The largest absolute Gasteiger partial charge is 0.203 e. The van der Waals surface area contributed by atoms with E-state index >= 15 is 0 Å². The van der Waals surface area contributed by atoms with Crippen LogP contribution in [0.5, 0.6) is 0 Å². The summed E-state index contributed by atoms with van der Waals surface area (Å²) in [4.78, 5) is 0. The molecule has 0 fully saturated rings. The van der Waals surface area contributed by atoms with Gasteiger partial charge in [0.05, 0.1) is 16.1 Å². The molecule has 5 heteroatoms. The predicted octanol–water partition coefficient (Wildman–Crippen LogP) is 3.49. The Morgan fingerprint density at radius 3 is 2.46 bits per heavy atom. The van der Waals surface area contributed by atoms with Crippen molar-refractivity contribution in [3.05, 3.63) is 33.3 Å². The summed E-state index contributed by atoms with van der Waals surface area (Å²) in [6.07, 6.45) is 0. The van der Waals surface area contributed by atoms with Gasteiger partial charge in [-0.1, -0.05) is 15.9 Å². The number of nitrogens with zero attached hydrogens (tertiary/aromatic N) is 1. The normalized spacial score (nSPS) is 9.77. The third-order valence-corrected chi connectivity index (χ3v) is 2.66. The molecule has 13 heavy (non-hydrogen) atoms. The molecular weight excluding hydrogens is 308 g/mol. The van der Waals surface area contributed by atoms with E-state index in [1.165, 1.54) is 6.07 Å². The van der Waals surface area contributed by atoms with Crippen LogP contribution in [0.15, 0.2) is 10.5 Å². The number of hydrogen-bond donors (Lipinski definition) is 0. The molecule has 0 N–H and O–H groups in total. The summed E-state index contributed by atoms with van der Waals surface area (Å²) in [5, 5.41) is 8.73. The second kappa shape index (κ2) is 4.16. The monoisotopic (exact) mass is 309 g/mol. The Kier molecular flexibility index (Phi) is 3.40. The van der Waals surface area contributed by atoms with Gasteiger partial charge in [0, 0.05) is 10.9 Å². The van der Waals surface area contributed by atoms with Crippen LogP contribution < -0.4 is 0 Å². The highest BCUT2D eigenvalue weighted by molar-refractivity contribution is 9.10. The maximum absolute atomic E-state index is 13.1. The fourth-order valence-electron chi connectivity index (χ4n) is 0.863. The van der Waals surface area contributed by atoms with E-state index in [-0.39, 0.29) is 20.9 Å². The van der Waals surface area contributed by atoms with Gasteiger partial charge in [0.1, 0.15) is 0 Å². The maximum atomic E-state index is 13.1. The van der Waals surface area contributed by atoms with E-state index in [0.717, 1.165) is 0 Å².